The fraction of sp³-hybridized carbons (Fsp3) is 0.455. The first kappa shape index (κ1) is 30.7. The van der Waals surface area contributed by atoms with Crippen LogP contribution >= 0.6 is 72.8 Å². The molecule has 0 N–H and O–H groups in total. The Morgan fingerprint density at radius 1 is 0.774 bits per heavy atom. The van der Waals surface area contributed by atoms with Crippen molar-refractivity contribution in [2.45, 2.75) is 25.7 Å². The van der Waals surface area contributed by atoms with Gasteiger partial charge in [0.05, 0.1) is 6.61 Å². The van der Waals surface area contributed by atoms with Crippen LogP contribution in [0.3, 0.4) is 0 Å². The molecule has 0 amide bonds. The summed E-state index contributed by atoms with van der Waals surface area (Å²) in [6.45, 7) is 5.98. The van der Waals surface area contributed by atoms with Crippen LogP contribution in [0, 0.1) is 0 Å². The predicted octanol–water partition coefficient (Wildman–Crippen LogP) is 6.76. The number of nitrogens with zero attached hydrogens (tertiary/aromatic N) is 2. The number of hydrogen-bond acceptors (Lipinski definition) is 3. The lowest BCUT2D eigenvalue weighted by Gasteiger charge is -2.36. The Morgan fingerprint density at radius 2 is 1.42 bits per heavy atom. The molecule has 2 aromatic carbocycles. The summed E-state index contributed by atoms with van der Waals surface area (Å²) in [6, 6.07) is 12.4. The topological polar surface area (TPSA) is 15.7 Å². The van der Waals surface area contributed by atoms with Crippen molar-refractivity contribution in [1.82, 2.24) is 4.90 Å². The molecule has 0 bridgehead atoms. The van der Waals surface area contributed by atoms with Crippen molar-refractivity contribution < 1.29 is 4.74 Å². The highest BCUT2D eigenvalue weighted by Crippen LogP contribution is 2.27. The predicted molar refractivity (Wildman–Crippen MR) is 143 cm³/mol. The molecule has 1 fully saturated rings. The van der Waals surface area contributed by atoms with E-state index in [1.165, 1.54) is 30.4 Å². The van der Waals surface area contributed by atoms with Crippen LogP contribution in [0.1, 0.15) is 24.0 Å². The quantitative estimate of drug-likeness (QED) is 0.369. The van der Waals surface area contributed by atoms with Gasteiger partial charge < -0.3 is 9.64 Å². The molecule has 2 aromatic rings. The summed E-state index contributed by atoms with van der Waals surface area (Å²) in [5, 5.41) is 1.40. The highest BCUT2D eigenvalue weighted by atomic mass is 35.5. The molecule has 3 nitrogen and oxygen atoms in total. The number of fused-ring (bicyclic) bond motifs is 1. The van der Waals surface area contributed by atoms with Gasteiger partial charge in [-0.3, -0.25) is 4.90 Å². The Balaban J connectivity index is 0.00000225. The zero-order chi connectivity index (χ0) is 18.6. The Bertz CT molecular complexity index is 779. The molecule has 1 saturated heterocycles. The second-order valence-corrected chi connectivity index (χ2v) is 8.32. The van der Waals surface area contributed by atoms with E-state index < -0.39 is 0 Å². The van der Waals surface area contributed by atoms with Gasteiger partial charge in [-0.2, -0.15) is 0 Å². The van der Waals surface area contributed by atoms with Gasteiger partial charge in [0, 0.05) is 48.5 Å². The van der Waals surface area contributed by atoms with E-state index in [9.17, 15) is 0 Å². The number of hydrogen-bond donors (Lipinski definition) is 0. The Morgan fingerprint density at radius 3 is 2.10 bits per heavy atom. The maximum Gasteiger partial charge on any atom is 0.119 e. The van der Waals surface area contributed by atoms with E-state index in [4.69, 9.17) is 27.9 Å². The van der Waals surface area contributed by atoms with Gasteiger partial charge in [-0.05, 0) is 67.1 Å². The fourth-order valence-corrected chi connectivity index (χ4v) is 4.58. The number of rotatable bonds is 6. The van der Waals surface area contributed by atoms with E-state index in [1.54, 1.807) is 6.07 Å². The number of benzene rings is 2. The number of piperazine rings is 1. The Kier molecular flexibility index (Phi) is 14.7. The van der Waals surface area contributed by atoms with Crippen molar-refractivity contribution in [3.05, 3.63) is 57.6 Å². The van der Waals surface area contributed by atoms with E-state index in [0.717, 1.165) is 57.2 Å². The average molecular weight is 551 g/mol. The minimum absolute atomic E-state index is 0. The van der Waals surface area contributed by atoms with Gasteiger partial charge in [0.1, 0.15) is 5.75 Å². The van der Waals surface area contributed by atoms with E-state index in [-0.39, 0.29) is 49.6 Å². The van der Waals surface area contributed by atoms with Crippen LogP contribution in [0.5, 0.6) is 5.75 Å². The summed E-state index contributed by atoms with van der Waals surface area (Å²) < 4.78 is 5.97. The molecule has 1 heterocycles. The standard InChI is InChI=1S/C22H26Cl2N2O.4ClH/c23-19-14-20(24)16-21(15-19)26-10-8-25(9-11-26)7-2-12-27-22-6-5-17-3-1-4-18(17)13-22;;;;/h5-6,13-16H,1-4,7-12H2;4*1H. The molecule has 0 saturated carbocycles. The Labute approximate surface area is 220 Å². The number of aryl methyl sites for hydroxylation is 2. The lowest BCUT2D eigenvalue weighted by molar-refractivity contribution is 0.224. The van der Waals surface area contributed by atoms with Crippen LogP contribution < -0.4 is 9.64 Å². The van der Waals surface area contributed by atoms with Gasteiger partial charge in [0.2, 0.25) is 0 Å². The molecule has 0 atom stereocenters. The third-order valence-corrected chi connectivity index (χ3v) is 5.98. The van der Waals surface area contributed by atoms with Crippen LogP contribution in [0.25, 0.3) is 0 Å². The first-order valence-corrected chi connectivity index (χ1v) is 10.6. The second-order valence-electron chi connectivity index (χ2n) is 7.44. The van der Waals surface area contributed by atoms with Crippen LogP contribution in [0.4, 0.5) is 5.69 Å². The van der Waals surface area contributed by atoms with E-state index in [1.807, 2.05) is 12.1 Å². The van der Waals surface area contributed by atoms with E-state index in [2.05, 4.69) is 28.0 Å². The summed E-state index contributed by atoms with van der Waals surface area (Å²) in [6.07, 6.45) is 4.77. The molecule has 4 rings (SSSR count). The van der Waals surface area contributed by atoms with Crippen molar-refractivity contribution >= 4 is 78.5 Å². The fourth-order valence-electron chi connectivity index (χ4n) is 4.07. The maximum absolute atomic E-state index is 6.13. The highest BCUT2D eigenvalue weighted by Gasteiger charge is 2.17. The van der Waals surface area contributed by atoms with E-state index in [0.29, 0.717) is 10.0 Å². The molecule has 0 spiro atoms. The van der Waals surface area contributed by atoms with Gasteiger partial charge in [-0.25, -0.2) is 0 Å². The molecular formula is C22H30Cl6N2O. The molecule has 31 heavy (non-hydrogen) atoms. The molecule has 176 valence electrons. The van der Waals surface area contributed by atoms with Crippen LogP contribution in [-0.4, -0.2) is 44.2 Å². The van der Waals surface area contributed by atoms with Crippen molar-refractivity contribution in [3.8, 4) is 5.75 Å². The average Bonchev–Trinajstić information content (AvgIpc) is 3.13. The normalized spacial score (nSPS) is 15.0. The minimum Gasteiger partial charge on any atom is -0.494 e. The zero-order valence-corrected chi connectivity index (χ0v) is 22.0. The smallest absolute Gasteiger partial charge is 0.119 e. The van der Waals surface area contributed by atoms with Gasteiger partial charge in [0.25, 0.3) is 0 Å². The van der Waals surface area contributed by atoms with Gasteiger partial charge in [-0.1, -0.05) is 29.3 Å². The van der Waals surface area contributed by atoms with Gasteiger partial charge >= 0.3 is 0 Å². The molecule has 0 aromatic heterocycles. The van der Waals surface area contributed by atoms with Crippen LogP contribution in [0.15, 0.2) is 36.4 Å². The molecule has 0 unspecified atom stereocenters. The van der Waals surface area contributed by atoms with Crippen LogP contribution in [-0.2, 0) is 12.8 Å². The molecule has 0 radical (unpaired) electrons. The lowest BCUT2D eigenvalue weighted by atomic mass is 10.1. The van der Waals surface area contributed by atoms with Crippen molar-refractivity contribution in [1.29, 1.82) is 0 Å². The van der Waals surface area contributed by atoms with E-state index >= 15 is 0 Å². The summed E-state index contributed by atoms with van der Waals surface area (Å²) in [7, 11) is 0. The largest absolute Gasteiger partial charge is 0.494 e. The number of ether oxygens (including phenoxy) is 1. The summed E-state index contributed by atoms with van der Waals surface area (Å²) >= 11 is 12.3. The van der Waals surface area contributed by atoms with Crippen molar-refractivity contribution in [2.75, 3.05) is 44.2 Å². The third kappa shape index (κ3) is 8.55. The van der Waals surface area contributed by atoms with Crippen LogP contribution in [0.2, 0.25) is 10.0 Å². The van der Waals surface area contributed by atoms with Gasteiger partial charge in [0.15, 0.2) is 0 Å². The highest BCUT2D eigenvalue weighted by molar-refractivity contribution is 6.35. The second kappa shape index (κ2) is 14.8. The first-order valence-electron chi connectivity index (χ1n) is 9.85. The number of halogens is 6. The lowest BCUT2D eigenvalue weighted by Crippen LogP contribution is -2.46. The Hall–Kier alpha value is -0.260. The summed E-state index contributed by atoms with van der Waals surface area (Å²) in [5.41, 5.74) is 4.10. The summed E-state index contributed by atoms with van der Waals surface area (Å²) in [4.78, 5) is 4.87. The molecule has 1 aliphatic heterocycles. The first-order chi connectivity index (χ1) is 13.2. The third-order valence-electron chi connectivity index (χ3n) is 5.54. The van der Waals surface area contributed by atoms with Crippen molar-refractivity contribution in [2.24, 2.45) is 0 Å². The number of anilines is 1. The maximum atomic E-state index is 6.13. The SMILES string of the molecule is Cl.Cl.Cl.Cl.Clc1cc(Cl)cc(N2CCN(CCCOc3ccc4c(c3)CCC4)CC2)c1. The molecule has 9 heteroatoms. The zero-order valence-electron chi connectivity index (χ0n) is 17.2. The monoisotopic (exact) mass is 548 g/mol. The molecule has 2 aliphatic rings. The molecule has 1 aliphatic carbocycles. The minimum atomic E-state index is 0. The molecular weight excluding hydrogens is 521 g/mol. The summed E-state index contributed by atoms with van der Waals surface area (Å²) in [5.74, 6) is 1.03. The van der Waals surface area contributed by atoms with Crippen molar-refractivity contribution in [3.63, 3.8) is 0 Å². The van der Waals surface area contributed by atoms with Gasteiger partial charge in [-0.15, -0.1) is 49.6 Å².